The monoisotopic (exact) mass is 351 g/mol. The number of nitrogens with one attached hydrogen (secondary N) is 1. The Morgan fingerprint density at radius 3 is 2.76 bits per heavy atom. The third-order valence-corrected chi connectivity index (χ3v) is 5.23. The summed E-state index contributed by atoms with van der Waals surface area (Å²) in [7, 11) is 0. The number of nitrogens with zero attached hydrogens (tertiary/aromatic N) is 2. The minimum Gasteiger partial charge on any atom is -0.370 e. The van der Waals surface area contributed by atoms with Gasteiger partial charge in [-0.1, -0.05) is 41.4 Å². The Balaban J connectivity index is 1.91. The van der Waals surface area contributed by atoms with Crippen LogP contribution in [0.4, 0.5) is 5.82 Å². The SMILES string of the molecule is Cc1cccc(-c2nn(-c3ccc(C)c(Cl)c3)c3c2CCCCN3)c1. The minimum absolute atomic E-state index is 0.771. The second-order valence-electron chi connectivity index (χ2n) is 6.77. The quantitative estimate of drug-likeness (QED) is 0.655. The van der Waals surface area contributed by atoms with Gasteiger partial charge in [0.25, 0.3) is 0 Å². The lowest BCUT2D eigenvalue weighted by atomic mass is 10.0. The van der Waals surface area contributed by atoms with Gasteiger partial charge in [-0.05, 0) is 56.9 Å². The molecule has 128 valence electrons. The molecule has 25 heavy (non-hydrogen) atoms. The number of hydrogen-bond donors (Lipinski definition) is 1. The molecule has 0 spiro atoms. The molecule has 0 fully saturated rings. The third kappa shape index (κ3) is 3.05. The summed E-state index contributed by atoms with van der Waals surface area (Å²) in [4.78, 5) is 0. The summed E-state index contributed by atoms with van der Waals surface area (Å²) in [6.45, 7) is 5.12. The molecule has 0 unspecified atom stereocenters. The van der Waals surface area contributed by atoms with Crippen LogP contribution in [0.25, 0.3) is 16.9 Å². The fraction of sp³-hybridized carbons (Fsp3) is 0.286. The summed E-state index contributed by atoms with van der Waals surface area (Å²) in [6.07, 6.45) is 3.40. The first-order valence-corrected chi connectivity index (χ1v) is 9.20. The van der Waals surface area contributed by atoms with E-state index >= 15 is 0 Å². The van der Waals surface area contributed by atoms with Crippen LogP contribution in [0.5, 0.6) is 0 Å². The van der Waals surface area contributed by atoms with Crippen LogP contribution in [0, 0.1) is 13.8 Å². The molecule has 4 heteroatoms. The summed E-state index contributed by atoms with van der Waals surface area (Å²) < 4.78 is 2.02. The van der Waals surface area contributed by atoms with E-state index in [4.69, 9.17) is 16.7 Å². The van der Waals surface area contributed by atoms with E-state index in [0.29, 0.717) is 0 Å². The van der Waals surface area contributed by atoms with E-state index in [1.54, 1.807) is 0 Å². The van der Waals surface area contributed by atoms with Crippen LogP contribution in [-0.2, 0) is 6.42 Å². The third-order valence-electron chi connectivity index (χ3n) is 4.82. The Kier molecular flexibility index (Phi) is 4.26. The van der Waals surface area contributed by atoms with Gasteiger partial charge in [-0.15, -0.1) is 0 Å². The summed E-state index contributed by atoms with van der Waals surface area (Å²) in [5.41, 5.74) is 6.89. The first kappa shape index (κ1) is 16.2. The lowest BCUT2D eigenvalue weighted by molar-refractivity contribution is 0.780. The molecule has 0 atom stereocenters. The van der Waals surface area contributed by atoms with Crippen molar-refractivity contribution in [2.75, 3.05) is 11.9 Å². The number of aryl methyl sites for hydroxylation is 2. The van der Waals surface area contributed by atoms with E-state index < -0.39 is 0 Å². The zero-order valence-electron chi connectivity index (χ0n) is 14.6. The van der Waals surface area contributed by atoms with Crippen molar-refractivity contribution < 1.29 is 0 Å². The van der Waals surface area contributed by atoms with Gasteiger partial charge < -0.3 is 5.32 Å². The maximum absolute atomic E-state index is 6.36. The molecule has 0 saturated carbocycles. The highest BCUT2D eigenvalue weighted by molar-refractivity contribution is 6.31. The standard InChI is InChI=1S/C21H22ClN3/c1-14-6-5-7-16(12-14)20-18-8-3-4-11-23-21(18)25(24-20)17-10-9-15(2)19(22)13-17/h5-7,9-10,12-13,23H,3-4,8,11H2,1-2H3. The second-order valence-corrected chi connectivity index (χ2v) is 7.18. The van der Waals surface area contributed by atoms with Gasteiger partial charge in [0, 0.05) is 22.7 Å². The van der Waals surface area contributed by atoms with Crippen LogP contribution in [0.2, 0.25) is 5.02 Å². The Bertz CT molecular complexity index is 927. The highest BCUT2D eigenvalue weighted by Crippen LogP contribution is 2.34. The highest BCUT2D eigenvalue weighted by atomic mass is 35.5. The molecule has 0 bridgehead atoms. The number of halogens is 1. The van der Waals surface area contributed by atoms with Gasteiger partial charge in [-0.3, -0.25) is 0 Å². The predicted octanol–water partition coefficient (Wildman–Crippen LogP) is 5.56. The van der Waals surface area contributed by atoms with Crippen molar-refractivity contribution in [2.45, 2.75) is 33.1 Å². The number of aromatic nitrogens is 2. The fourth-order valence-corrected chi connectivity index (χ4v) is 3.60. The number of rotatable bonds is 2. The minimum atomic E-state index is 0.771. The first-order chi connectivity index (χ1) is 12.1. The number of anilines is 1. The fourth-order valence-electron chi connectivity index (χ4n) is 3.43. The van der Waals surface area contributed by atoms with Gasteiger partial charge in [0.15, 0.2) is 0 Å². The molecule has 0 amide bonds. The topological polar surface area (TPSA) is 29.9 Å². The van der Waals surface area contributed by atoms with E-state index in [2.05, 4.69) is 48.6 Å². The molecule has 3 nitrogen and oxygen atoms in total. The van der Waals surface area contributed by atoms with Crippen LogP contribution in [0.1, 0.15) is 29.5 Å². The summed E-state index contributed by atoms with van der Waals surface area (Å²) in [5.74, 6) is 1.11. The molecule has 1 aliphatic rings. The van der Waals surface area contributed by atoms with Crippen LogP contribution < -0.4 is 5.32 Å². The predicted molar refractivity (Wildman–Crippen MR) is 105 cm³/mol. The maximum atomic E-state index is 6.36. The Morgan fingerprint density at radius 2 is 1.96 bits per heavy atom. The molecule has 3 aromatic rings. The highest BCUT2D eigenvalue weighted by Gasteiger charge is 2.21. The molecule has 4 rings (SSSR count). The van der Waals surface area contributed by atoms with Crippen molar-refractivity contribution in [3.05, 3.63) is 64.2 Å². The lowest BCUT2D eigenvalue weighted by Crippen LogP contribution is -2.07. The normalized spacial score (nSPS) is 13.9. The van der Waals surface area contributed by atoms with Crippen molar-refractivity contribution in [1.82, 2.24) is 9.78 Å². The Morgan fingerprint density at radius 1 is 1.08 bits per heavy atom. The summed E-state index contributed by atoms with van der Waals surface area (Å²) in [6, 6.07) is 14.7. The van der Waals surface area contributed by atoms with Crippen molar-refractivity contribution in [1.29, 1.82) is 0 Å². The van der Waals surface area contributed by atoms with Crippen LogP contribution in [0.3, 0.4) is 0 Å². The molecule has 1 aromatic heterocycles. The first-order valence-electron chi connectivity index (χ1n) is 8.83. The molecular formula is C21H22ClN3. The van der Waals surface area contributed by atoms with Crippen molar-refractivity contribution in [3.63, 3.8) is 0 Å². The molecule has 0 radical (unpaired) electrons. The van der Waals surface area contributed by atoms with Crippen LogP contribution >= 0.6 is 11.6 Å². The zero-order valence-corrected chi connectivity index (χ0v) is 15.4. The number of hydrogen-bond acceptors (Lipinski definition) is 2. The lowest BCUT2D eigenvalue weighted by Gasteiger charge is -2.10. The van der Waals surface area contributed by atoms with E-state index in [1.807, 2.05) is 17.7 Å². The zero-order chi connectivity index (χ0) is 17.4. The molecule has 2 aromatic carbocycles. The van der Waals surface area contributed by atoms with Gasteiger partial charge in [0.2, 0.25) is 0 Å². The molecule has 1 N–H and O–H groups in total. The number of benzene rings is 2. The van der Waals surface area contributed by atoms with Gasteiger partial charge in [-0.25, -0.2) is 4.68 Å². The van der Waals surface area contributed by atoms with Gasteiger partial charge >= 0.3 is 0 Å². The molecular weight excluding hydrogens is 330 g/mol. The van der Waals surface area contributed by atoms with Crippen LogP contribution in [-0.4, -0.2) is 16.3 Å². The Labute approximate surface area is 153 Å². The van der Waals surface area contributed by atoms with Gasteiger partial charge in [0.05, 0.1) is 11.4 Å². The van der Waals surface area contributed by atoms with E-state index in [0.717, 1.165) is 40.8 Å². The second kappa shape index (κ2) is 6.57. The molecule has 0 saturated heterocycles. The Hall–Kier alpha value is -2.26. The van der Waals surface area contributed by atoms with E-state index in [-0.39, 0.29) is 0 Å². The van der Waals surface area contributed by atoms with Crippen molar-refractivity contribution in [2.24, 2.45) is 0 Å². The van der Waals surface area contributed by atoms with Gasteiger partial charge in [0.1, 0.15) is 5.82 Å². The molecule has 2 heterocycles. The summed E-state index contributed by atoms with van der Waals surface area (Å²) in [5, 5.41) is 9.34. The summed E-state index contributed by atoms with van der Waals surface area (Å²) >= 11 is 6.36. The number of fused-ring (bicyclic) bond motifs is 1. The maximum Gasteiger partial charge on any atom is 0.133 e. The van der Waals surface area contributed by atoms with Crippen molar-refractivity contribution >= 4 is 17.4 Å². The largest absolute Gasteiger partial charge is 0.370 e. The molecule has 1 aliphatic heterocycles. The van der Waals surface area contributed by atoms with E-state index in [1.165, 1.54) is 29.5 Å². The smallest absolute Gasteiger partial charge is 0.133 e. The van der Waals surface area contributed by atoms with E-state index in [9.17, 15) is 0 Å². The average Bonchev–Trinajstić information content (AvgIpc) is 2.79. The van der Waals surface area contributed by atoms with Gasteiger partial charge in [-0.2, -0.15) is 5.10 Å². The molecule has 0 aliphatic carbocycles. The average molecular weight is 352 g/mol. The van der Waals surface area contributed by atoms with Crippen LogP contribution in [0.15, 0.2) is 42.5 Å². The van der Waals surface area contributed by atoms with Crippen molar-refractivity contribution in [3.8, 4) is 16.9 Å².